The maximum atomic E-state index is 8.57. The topological polar surface area (TPSA) is 68.2 Å². The fourth-order valence-electron chi connectivity index (χ4n) is 1.39. The van der Waals surface area contributed by atoms with Crippen LogP contribution in [0.1, 0.15) is 111 Å². The molecule has 0 unspecified atom stereocenters. The van der Waals surface area contributed by atoms with Crippen LogP contribution in [-0.4, -0.2) is 52.9 Å². The molecule has 0 saturated carbocycles. The van der Waals surface area contributed by atoms with Crippen LogP contribution in [0, 0.1) is 0 Å². The van der Waals surface area contributed by atoms with Gasteiger partial charge in [-0.2, -0.15) is 0 Å². The highest BCUT2D eigenvalue weighted by Crippen LogP contribution is 2.15. The van der Waals surface area contributed by atoms with Gasteiger partial charge in [0.15, 0.2) is 16.6 Å². The highest BCUT2D eigenvalue weighted by molar-refractivity contribution is 6.84. The Kier molecular flexibility index (Phi) is 268. The minimum atomic E-state index is -1.89. The first kappa shape index (κ1) is 128. The molecule has 0 aromatic heterocycles. The molecule has 0 aliphatic heterocycles. The van der Waals surface area contributed by atoms with E-state index in [4.69, 9.17) is 23.8 Å². The van der Waals surface area contributed by atoms with E-state index >= 15 is 0 Å². The monoisotopic (exact) mass is 495 g/mol. The van der Waals surface area contributed by atoms with Crippen LogP contribution in [0.4, 0.5) is 0 Å². The second kappa shape index (κ2) is 63.0. The van der Waals surface area contributed by atoms with Crippen molar-refractivity contribution in [2.75, 3.05) is 26.0 Å². The minimum Gasteiger partial charge on any atom is -0.453 e. The van der Waals surface area contributed by atoms with E-state index in [0.717, 1.165) is 0 Å². The largest absolute Gasteiger partial charge is 0.453 e. The zero-order valence-corrected chi connectivity index (χ0v) is 11.9. The third-order valence-corrected chi connectivity index (χ3v) is 7.85. The van der Waals surface area contributed by atoms with Crippen molar-refractivity contribution in [3.05, 3.63) is 0 Å². The first-order valence-corrected chi connectivity index (χ1v) is 11.1. The molecule has 0 fully saturated rings. The zero-order valence-electron chi connectivity index (χ0n) is 9.95. The highest BCUT2D eigenvalue weighted by Gasteiger charge is 2.33. The summed E-state index contributed by atoms with van der Waals surface area (Å²) in [6.45, 7) is 7.61. The number of rotatable bonds is 8. The van der Waals surface area contributed by atoms with Gasteiger partial charge in [0.2, 0.25) is 0 Å². The molecule has 5 nitrogen and oxygen atoms in total. The molecule has 0 aromatic carbocycles. The Bertz CT molecular complexity index is 165. The predicted molar refractivity (Wildman–Crippen MR) is 163 cm³/mol. The molecule has 0 rings (SSSR count). The van der Waals surface area contributed by atoms with Gasteiger partial charge in [0.1, 0.15) is 13.6 Å². The van der Waals surface area contributed by atoms with Crippen LogP contribution in [-0.2, 0) is 13.6 Å². The van der Waals surface area contributed by atoms with Crippen molar-refractivity contribution in [3.63, 3.8) is 0 Å². The van der Waals surface area contributed by atoms with Gasteiger partial charge in [0.25, 0.3) is 0 Å². The molecule has 0 heterocycles. The Balaban J connectivity index is -0.00000000933. The summed E-state index contributed by atoms with van der Waals surface area (Å²) in [5.41, 5.74) is 0. The first-order chi connectivity index (χ1) is 6.83. The van der Waals surface area contributed by atoms with Crippen molar-refractivity contribution in [3.8, 4) is 0 Å². The lowest BCUT2D eigenvalue weighted by molar-refractivity contribution is 0.0117. The summed E-state index contributed by atoms with van der Waals surface area (Å²) >= 11 is 0. The number of aliphatic hydroxyl groups excluding tert-OH is 2. The van der Waals surface area contributed by atoms with E-state index in [2.05, 4.69) is 0 Å². The van der Waals surface area contributed by atoms with Gasteiger partial charge in [-0.3, -0.25) is 0 Å². The fourth-order valence-corrected chi connectivity index (χ4v) is 9.01. The van der Waals surface area contributed by atoms with E-state index in [1.54, 1.807) is 0 Å². The lowest BCUT2D eigenvalue weighted by Gasteiger charge is -2.33. The summed E-state index contributed by atoms with van der Waals surface area (Å²) in [7, 11) is -3.78. The number of hydrogen-bond donors (Lipinski definition) is 2. The Morgan fingerprint density at radius 2 is 0.600 bits per heavy atom. The standard InChI is InChI=1S/C8H22O5Si2.15CH4/c1-14(2,7-11-5-9)13-15(3,4)8-12-6-10;;;;;;;;;;;;;;;/h9-10H,5-8H2,1-4H3;15*1H4. The Morgan fingerprint density at radius 1 is 0.433 bits per heavy atom. The molecule has 0 amide bonds. The van der Waals surface area contributed by atoms with Crippen molar-refractivity contribution in [2.45, 2.75) is 138 Å². The van der Waals surface area contributed by atoms with Crippen LogP contribution in [0.15, 0.2) is 0 Å². The number of ether oxygens (including phenoxy) is 2. The van der Waals surface area contributed by atoms with Gasteiger partial charge < -0.3 is 23.8 Å². The molecule has 0 aliphatic rings. The summed E-state index contributed by atoms with van der Waals surface area (Å²) in [6.07, 6.45) is 0.943. The van der Waals surface area contributed by atoms with Gasteiger partial charge in [0.05, 0.1) is 12.5 Å². The van der Waals surface area contributed by atoms with Crippen molar-refractivity contribution >= 4 is 16.6 Å². The highest BCUT2D eigenvalue weighted by atomic mass is 28.4. The van der Waals surface area contributed by atoms with Crippen LogP contribution in [0.25, 0.3) is 0 Å². The summed E-state index contributed by atoms with van der Waals surface area (Å²) in [4.78, 5) is 0. The summed E-state index contributed by atoms with van der Waals surface area (Å²) in [5, 5.41) is 17.1. The van der Waals surface area contributed by atoms with E-state index in [9.17, 15) is 0 Å². The van der Waals surface area contributed by atoms with Gasteiger partial charge in [-0.25, -0.2) is 0 Å². The average molecular weight is 495 g/mol. The Labute approximate surface area is 204 Å². The maximum absolute atomic E-state index is 8.57. The molecule has 0 atom stereocenters. The predicted octanol–water partition coefficient (Wildman–Crippen LogP) is 9.97. The van der Waals surface area contributed by atoms with E-state index in [-0.39, 0.29) is 125 Å². The number of hydrogen-bond acceptors (Lipinski definition) is 5. The van der Waals surface area contributed by atoms with Gasteiger partial charge in [-0.15, -0.1) is 0 Å². The average Bonchev–Trinajstić information content (AvgIpc) is 2.10. The molecular formula is C23H82O5Si2. The number of aliphatic hydroxyl groups is 2. The second-order valence-corrected chi connectivity index (χ2v) is 13.0. The Hall–Kier alpha value is 0.234. The molecule has 7 heteroatoms. The van der Waals surface area contributed by atoms with Gasteiger partial charge in [0, 0.05) is 0 Å². The van der Waals surface area contributed by atoms with Gasteiger partial charge in [-0.05, 0) is 26.2 Å². The lowest BCUT2D eigenvalue weighted by Crippen LogP contribution is -2.50. The molecular weight excluding hydrogens is 412 g/mol. The summed E-state index contributed by atoms with van der Waals surface area (Å²) < 4.78 is 16.0. The van der Waals surface area contributed by atoms with Crippen LogP contribution in [0.5, 0.6) is 0 Å². The van der Waals surface area contributed by atoms with E-state index in [1.807, 2.05) is 26.2 Å². The quantitative estimate of drug-likeness (QED) is 0.259. The molecule has 0 aromatic rings. The minimum absolute atomic E-state index is 0. The smallest absolute Gasteiger partial charge is 0.199 e. The molecule has 0 bridgehead atoms. The molecule has 30 heavy (non-hydrogen) atoms. The molecule has 0 spiro atoms. The normalized spacial score (nSPS) is 6.60. The van der Waals surface area contributed by atoms with Crippen LogP contribution >= 0.6 is 0 Å². The van der Waals surface area contributed by atoms with Crippen molar-refractivity contribution in [1.29, 1.82) is 0 Å². The van der Waals surface area contributed by atoms with Crippen LogP contribution < -0.4 is 0 Å². The fraction of sp³-hybridized carbons (Fsp3) is 1.00. The molecule has 0 aliphatic carbocycles. The van der Waals surface area contributed by atoms with Crippen LogP contribution in [0.3, 0.4) is 0 Å². The van der Waals surface area contributed by atoms with Crippen LogP contribution in [0.2, 0.25) is 26.2 Å². The summed E-state index contributed by atoms with van der Waals surface area (Å²) in [6, 6.07) is 0. The Morgan fingerprint density at radius 3 is 0.733 bits per heavy atom. The molecule has 212 valence electrons. The third-order valence-electron chi connectivity index (χ3n) is 1.63. The lowest BCUT2D eigenvalue weighted by atomic mass is 11.4. The second-order valence-electron chi connectivity index (χ2n) is 4.58. The first-order valence-electron chi connectivity index (χ1n) is 4.90. The van der Waals surface area contributed by atoms with Crippen molar-refractivity contribution in [2.24, 2.45) is 0 Å². The summed E-state index contributed by atoms with van der Waals surface area (Å²) in [5.74, 6) is 0. The van der Waals surface area contributed by atoms with Crippen molar-refractivity contribution in [1.82, 2.24) is 0 Å². The van der Waals surface area contributed by atoms with Crippen molar-refractivity contribution < 1.29 is 23.8 Å². The molecule has 2 N–H and O–H groups in total. The zero-order chi connectivity index (χ0) is 11.9. The van der Waals surface area contributed by atoms with Gasteiger partial charge >= 0.3 is 0 Å². The third kappa shape index (κ3) is 79.5. The van der Waals surface area contributed by atoms with E-state index < -0.39 is 16.6 Å². The van der Waals surface area contributed by atoms with Gasteiger partial charge in [-0.1, -0.05) is 111 Å². The molecule has 0 saturated heterocycles. The maximum Gasteiger partial charge on any atom is 0.199 e. The SMILES string of the molecule is C.C.C.C.C.C.C.C.C.C.C.C.C.C.C.C[Si](C)(COCO)O[Si](C)(C)COCO. The van der Waals surface area contributed by atoms with E-state index in [0.29, 0.717) is 12.5 Å². The van der Waals surface area contributed by atoms with E-state index in [1.165, 1.54) is 0 Å². The molecule has 0 radical (unpaired) electrons.